The van der Waals surface area contributed by atoms with Crippen molar-refractivity contribution in [2.24, 2.45) is 0 Å². The summed E-state index contributed by atoms with van der Waals surface area (Å²) in [5, 5.41) is 14.1. The van der Waals surface area contributed by atoms with Gasteiger partial charge in [0.1, 0.15) is 0 Å². The van der Waals surface area contributed by atoms with Crippen molar-refractivity contribution >= 4 is 15.9 Å². The first-order chi connectivity index (χ1) is 9.11. The van der Waals surface area contributed by atoms with Gasteiger partial charge in [-0.2, -0.15) is 0 Å². The summed E-state index contributed by atoms with van der Waals surface area (Å²) in [6.07, 6.45) is 6.71. The fourth-order valence-corrected chi connectivity index (χ4v) is 3.47. The van der Waals surface area contributed by atoms with E-state index in [0.29, 0.717) is 6.54 Å². The van der Waals surface area contributed by atoms with E-state index in [4.69, 9.17) is 0 Å². The van der Waals surface area contributed by atoms with Crippen LogP contribution in [-0.2, 0) is 0 Å². The zero-order chi connectivity index (χ0) is 13.7. The highest BCUT2D eigenvalue weighted by molar-refractivity contribution is 9.10. The SMILES string of the molecule is CC(NCC1(O)CCCCCC1)c1ccccc1Br. The average Bonchev–Trinajstić information content (AvgIpc) is 2.62. The van der Waals surface area contributed by atoms with Crippen molar-refractivity contribution in [3.63, 3.8) is 0 Å². The first-order valence-electron chi connectivity index (χ1n) is 7.31. The van der Waals surface area contributed by atoms with Crippen LogP contribution in [-0.4, -0.2) is 17.3 Å². The molecule has 1 fully saturated rings. The summed E-state index contributed by atoms with van der Waals surface area (Å²) in [7, 11) is 0. The molecule has 3 heteroatoms. The normalized spacial score (nSPS) is 20.8. The second kappa shape index (κ2) is 6.87. The first-order valence-corrected chi connectivity index (χ1v) is 8.10. The minimum atomic E-state index is -0.508. The molecule has 0 heterocycles. The van der Waals surface area contributed by atoms with Gasteiger partial charge in [-0.15, -0.1) is 0 Å². The largest absolute Gasteiger partial charge is 0.389 e. The van der Waals surface area contributed by atoms with Crippen molar-refractivity contribution in [2.75, 3.05) is 6.54 Å². The van der Waals surface area contributed by atoms with Crippen LogP contribution >= 0.6 is 15.9 Å². The van der Waals surface area contributed by atoms with Crippen LogP contribution < -0.4 is 5.32 Å². The molecular weight excluding hydrogens is 302 g/mol. The van der Waals surface area contributed by atoms with Gasteiger partial charge in [-0.3, -0.25) is 0 Å². The summed E-state index contributed by atoms with van der Waals surface area (Å²) in [6, 6.07) is 8.52. The molecule has 0 aromatic heterocycles. The van der Waals surface area contributed by atoms with Crippen LogP contribution in [0.4, 0.5) is 0 Å². The quantitative estimate of drug-likeness (QED) is 0.814. The highest BCUT2D eigenvalue weighted by atomic mass is 79.9. The van der Waals surface area contributed by atoms with Gasteiger partial charge in [0, 0.05) is 17.1 Å². The molecule has 0 amide bonds. The highest BCUT2D eigenvalue weighted by Gasteiger charge is 2.28. The molecule has 1 aromatic carbocycles. The Morgan fingerprint density at radius 3 is 2.47 bits per heavy atom. The average molecular weight is 326 g/mol. The zero-order valence-electron chi connectivity index (χ0n) is 11.7. The topological polar surface area (TPSA) is 32.3 Å². The van der Waals surface area contributed by atoms with Crippen molar-refractivity contribution in [3.8, 4) is 0 Å². The number of aliphatic hydroxyl groups is 1. The minimum Gasteiger partial charge on any atom is -0.389 e. The molecule has 0 saturated heterocycles. The van der Waals surface area contributed by atoms with Crippen molar-refractivity contribution in [3.05, 3.63) is 34.3 Å². The van der Waals surface area contributed by atoms with Crippen molar-refractivity contribution in [2.45, 2.75) is 57.1 Å². The molecule has 0 bridgehead atoms. The van der Waals surface area contributed by atoms with E-state index in [9.17, 15) is 5.11 Å². The van der Waals surface area contributed by atoms with E-state index in [1.807, 2.05) is 6.07 Å². The first kappa shape index (κ1) is 15.0. The van der Waals surface area contributed by atoms with Gasteiger partial charge in [0.2, 0.25) is 0 Å². The minimum absolute atomic E-state index is 0.253. The molecule has 0 spiro atoms. The molecule has 1 unspecified atom stereocenters. The van der Waals surface area contributed by atoms with Gasteiger partial charge < -0.3 is 10.4 Å². The lowest BCUT2D eigenvalue weighted by Crippen LogP contribution is -2.41. The predicted molar refractivity (Wildman–Crippen MR) is 83.2 cm³/mol. The Balaban J connectivity index is 1.92. The van der Waals surface area contributed by atoms with E-state index in [-0.39, 0.29) is 6.04 Å². The van der Waals surface area contributed by atoms with Crippen LogP contribution in [0.2, 0.25) is 0 Å². The number of benzene rings is 1. The summed E-state index contributed by atoms with van der Waals surface area (Å²) in [5.41, 5.74) is 0.742. The Morgan fingerprint density at radius 1 is 1.21 bits per heavy atom. The lowest BCUT2D eigenvalue weighted by atomic mass is 9.94. The lowest BCUT2D eigenvalue weighted by Gasteiger charge is -2.29. The Bertz CT molecular complexity index is 399. The summed E-state index contributed by atoms with van der Waals surface area (Å²) in [4.78, 5) is 0. The number of nitrogens with one attached hydrogen (secondary N) is 1. The molecule has 0 radical (unpaired) electrons. The van der Waals surface area contributed by atoms with E-state index in [1.165, 1.54) is 18.4 Å². The van der Waals surface area contributed by atoms with Crippen LogP contribution in [0, 0.1) is 0 Å². The van der Waals surface area contributed by atoms with Crippen LogP contribution in [0.15, 0.2) is 28.7 Å². The third-order valence-corrected chi connectivity index (χ3v) is 4.87. The highest BCUT2D eigenvalue weighted by Crippen LogP contribution is 2.28. The summed E-state index contributed by atoms with van der Waals surface area (Å²) >= 11 is 3.59. The number of halogens is 1. The van der Waals surface area contributed by atoms with Gasteiger partial charge in [0.25, 0.3) is 0 Å². The van der Waals surface area contributed by atoms with Gasteiger partial charge in [0.15, 0.2) is 0 Å². The smallest absolute Gasteiger partial charge is 0.0771 e. The van der Waals surface area contributed by atoms with Crippen molar-refractivity contribution in [1.29, 1.82) is 0 Å². The molecule has 1 saturated carbocycles. The molecule has 1 aliphatic rings. The molecule has 106 valence electrons. The van der Waals surface area contributed by atoms with Crippen LogP contribution in [0.1, 0.15) is 57.1 Å². The number of rotatable bonds is 4. The molecule has 2 N–H and O–H groups in total. The van der Waals surface area contributed by atoms with Crippen LogP contribution in [0.25, 0.3) is 0 Å². The zero-order valence-corrected chi connectivity index (χ0v) is 13.2. The maximum atomic E-state index is 10.6. The van der Waals surface area contributed by atoms with E-state index in [2.05, 4.69) is 46.4 Å². The number of hydrogen-bond donors (Lipinski definition) is 2. The lowest BCUT2D eigenvalue weighted by molar-refractivity contribution is 0.0231. The Hall–Kier alpha value is -0.380. The number of hydrogen-bond acceptors (Lipinski definition) is 2. The molecule has 1 aliphatic carbocycles. The van der Waals surface area contributed by atoms with E-state index >= 15 is 0 Å². The molecular formula is C16H24BrNO. The molecule has 1 atom stereocenters. The van der Waals surface area contributed by atoms with E-state index < -0.39 is 5.60 Å². The second-order valence-corrected chi connectivity index (χ2v) is 6.62. The van der Waals surface area contributed by atoms with Gasteiger partial charge in [-0.05, 0) is 31.4 Å². The standard InChI is InChI=1S/C16H24BrNO/c1-13(14-8-4-5-9-15(14)17)18-12-16(19)10-6-2-3-7-11-16/h4-5,8-9,13,18-19H,2-3,6-7,10-12H2,1H3. The molecule has 0 aliphatic heterocycles. The van der Waals surface area contributed by atoms with E-state index in [1.54, 1.807) is 0 Å². The van der Waals surface area contributed by atoms with Crippen molar-refractivity contribution < 1.29 is 5.11 Å². The van der Waals surface area contributed by atoms with Crippen LogP contribution in [0.3, 0.4) is 0 Å². The Labute approximate surface area is 124 Å². The maximum Gasteiger partial charge on any atom is 0.0771 e. The summed E-state index contributed by atoms with van der Waals surface area (Å²) < 4.78 is 1.13. The fourth-order valence-electron chi connectivity index (χ4n) is 2.84. The molecule has 2 rings (SSSR count). The van der Waals surface area contributed by atoms with Crippen LogP contribution in [0.5, 0.6) is 0 Å². The Morgan fingerprint density at radius 2 is 1.84 bits per heavy atom. The Kier molecular flexibility index (Phi) is 5.43. The summed E-state index contributed by atoms with van der Waals surface area (Å²) in [5.74, 6) is 0. The van der Waals surface area contributed by atoms with Gasteiger partial charge in [0.05, 0.1) is 5.60 Å². The van der Waals surface area contributed by atoms with Crippen molar-refractivity contribution in [1.82, 2.24) is 5.32 Å². The van der Waals surface area contributed by atoms with Gasteiger partial charge in [-0.1, -0.05) is 59.8 Å². The summed E-state index contributed by atoms with van der Waals surface area (Å²) in [6.45, 7) is 2.84. The third kappa shape index (κ3) is 4.30. The van der Waals surface area contributed by atoms with Gasteiger partial charge in [-0.25, -0.2) is 0 Å². The predicted octanol–water partition coefficient (Wildman–Crippen LogP) is 4.19. The molecule has 2 nitrogen and oxygen atoms in total. The molecule has 1 aromatic rings. The van der Waals surface area contributed by atoms with E-state index in [0.717, 1.165) is 30.2 Å². The molecule has 19 heavy (non-hydrogen) atoms. The fraction of sp³-hybridized carbons (Fsp3) is 0.625. The third-order valence-electron chi connectivity index (χ3n) is 4.14. The monoisotopic (exact) mass is 325 g/mol. The maximum absolute atomic E-state index is 10.6. The second-order valence-electron chi connectivity index (χ2n) is 5.76. The van der Waals surface area contributed by atoms with Gasteiger partial charge >= 0.3 is 0 Å².